The number of ether oxygens (including phenoxy) is 2. The van der Waals surface area contributed by atoms with Crippen LogP contribution in [0.4, 0.5) is 34.5 Å². The molecule has 12 nitrogen and oxygen atoms in total. The maximum absolute atomic E-state index is 11.8. The van der Waals surface area contributed by atoms with E-state index in [0.717, 1.165) is 49.7 Å². The average Bonchev–Trinajstić information content (AvgIpc) is 3.06. The van der Waals surface area contributed by atoms with Gasteiger partial charge in [-0.15, -0.1) is 0 Å². The molecule has 0 saturated carbocycles. The second-order valence-corrected chi connectivity index (χ2v) is 11.4. The minimum atomic E-state index is 0.103. The van der Waals surface area contributed by atoms with E-state index < -0.39 is 0 Å². The molecule has 2 fully saturated rings. The number of nitrogens with zero attached hydrogens (tertiary/aromatic N) is 6. The number of aromatic nitrogens is 2. The van der Waals surface area contributed by atoms with Crippen LogP contribution in [0.15, 0.2) is 42.6 Å². The van der Waals surface area contributed by atoms with Gasteiger partial charge in [0.25, 0.3) is 0 Å². The largest absolute Gasteiger partial charge is 0.494 e. The fraction of sp³-hybridized carbons (Fsp3) is 0.438. The fourth-order valence-corrected chi connectivity index (χ4v) is 5.58. The zero-order valence-electron chi connectivity index (χ0n) is 26.3. The van der Waals surface area contributed by atoms with Crippen LogP contribution in [0.5, 0.6) is 11.5 Å². The number of rotatable bonds is 10. The average molecular weight is 637 g/mol. The van der Waals surface area contributed by atoms with E-state index in [9.17, 15) is 9.59 Å². The van der Waals surface area contributed by atoms with Crippen LogP contribution in [0.1, 0.15) is 27.2 Å². The summed E-state index contributed by atoms with van der Waals surface area (Å²) in [5.74, 6) is 2.31. The standard InChI is InChI=1S/C32H41ClN8O4/c1-5-18-45-30-20-25(41-16-12-39(13-17-41)23(3)43)7-9-28(30)35-31-26(33)21-34-32(37-31)36-27-8-6-24(19-29(27)44-4)40-14-10-38(11-15-40)22(2)42/h6-9,19-21H,5,10-18H2,1-4H3,(H2,34,35,36,37). The first-order valence-corrected chi connectivity index (χ1v) is 15.7. The van der Waals surface area contributed by atoms with Crippen LogP contribution < -0.4 is 29.9 Å². The molecule has 2 aliphatic rings. The molecule has 0 unspecified atom stereocenters. The highest BCUT2D eigenvalue weighted by molar-refractivity contribution is 6.33. The maximum atomic E-state index is 11.8. The minimum absolute atomic E-state index is 0.103. The lowest BCUT2D eigenvalue weighted by Crippen LogP contribution is -2.48. The summed E-state index contributed by atoms with van der Waals surface area (Å²) in [4.78, 5) is 40.7. The molecule has 5 rings (SSSR count). The highest BCUT2D eigenvalue weighted by Crippen LogP contribution is 2.36. The summed E-state index contributed by atoms with van der Waals surface area (Å²) < 4.78 is 11.8. The Bertz CT molecular complexity index is 1510. The molecule has 3 heterocycles. The Morgan fingerprint density at radius 3 is 1.87 bits per heavy atom. The first-order valence-electron chi connectivity index (χ1n) is 15.3. The normalized spacial score (nSPS) is 15.1. The van der Waals surface area contributed by atoms with E-state index in [2.05, 4.69) is 37.3 Å². The van der Waals surface area contributed by atoms with Crippen molar-refractivity contribution >= 4 is 57.9 Å². The Morgan fingerprint density at radius 1 is 0.822 bits per heavy atom. The molecule has 0 aliphatic carbocycles. The zero-order valence-corrected chi connectivity index (χ0v) is 27.1. The SMILES string of the molecule is CCCOc1cc(N2CCN(C(C)=O)CC2)ccc1Nc1nc(Nc2ccc(N3CCN(C(C)=O)CC3)cc2OC)ncc1Cl. The van der Waals surface area contributed by atoms with Gasteiger partial charge in [-0.25, -0.2) is 4.98 Å². The monoisotopic (exact) mass is 636 g/mol. The fourth-order valence-electron chi connectivity index (χ4n) is 5.44. The number of piperazine rings is 2. The number of hydrogen-bond acceptors (Lipinski definition) is 10. The number of benzene rings is 2. The second kappa shape index (κ2) is 14.6. The van der Waals surface area contributed by atoms with E-state index in [4.69, 9.17) is 21.1 Å². The van der Waals surface area contributed by atoms with Crippen molar-refractivity contribution in [2.75, 3.05) is 86.5 Å². The van der Waals surface area contributed by atoms with E-state index in [-0.39, 0.29) is 11.8 Å². The third-order valence-corrected chi connectivity index (χ3v) is 8.31. The van der Waals surface area contributed by atoms with Crippen LogP contribution in [0.2, 0.25) is 5.02 Å². The first kappa shape index (κ1) is 32.0. The van der Waals surface area contributed by atoms with E-state index in [1.54, 1.807) is 27.2 Å². The molecular formula is C32H41ClN8O4. The molecule has 13 heteroatoms. The number of halogens is 1. The molecule has 0 bridgehead atoms. The Morgan fingerprint density at radius 2 is 1.36 bits per heavy atom. The number of anilines is 6. The molecule has 0 spiro atoms. The van der Waals surface area contributed by atoms with Gasteiger partial charge in [0, 0.05) is 89.7 Å². The molecule has 3 aromatic rings. The predicted octanol–water partition coefficient (Wildman–Crippen LogP) is 4.75. The molecular weight excluding hydrogens is 596 g/mol. The van der Waals surface area contributed by atoms with Gasteiger partial charge >= 0.3 is 0 Å². The van der Waals surface area contributed by atoms with Crippen LogP contribution in [-0.4, -0.2) is 97.7 Å². The summed E-state index contributed by atoms with van der Waals surface area (Å²) in [6.07, 6.45) is 2.41. The summed E-state index contributed by atoms with van der Waals surface area (Å²) in [7, 11) is 1.62. The van der Waals surface area contributed by atoms with Gasteiger partial charge in [-0.1, -0.05) is 18.5 Å². The van der Waals surface area contributed by atoms with Crippen LogP contribution in [0.3, 0.4) is 0 Å². The summed E-state index contributed by atoms with van der Waals surface area (Å²) in [6.45, 7) is 11.6. The van der Waals surface area contributed by atoms with E-state index >= 15 is 0 Å². The Hall–Kier alpha value is -4.45. The molecule has 2 N–H and O–H groups in total. The number of carbonyl (C=O) groups is 2. The molecule has 0 atom stereocenters. The highest BCUT2D eigenvalue weighted by atomic mass is 35.5. The number of amides is 2. The Balaban J connectivity index is 1.31. The van der Waals surface area contributed by atoms with Crippen LogP contribution in [-0.2, 0) is 9.59 Å². The minimum Gasteiger partial charge on any atom is -0.494 e. The summed E-state index contributed by atoms with van der Waals surface area (Å²) in [5.41, 5.74) is 3.48. The molecule has 240 valence electrons. The van der Waals surface area contributed by atoms with Gasteiger partial charge in [-0.2, -0.15) is 4.98 Å². The van der Waals surface area contributed by atoms with E-state index in [0.29, 0.717) is 66.8 Å². The Kier molecular flexibility index (Phi) is 10.3. The molecule has 2 aliphatic heterocycles. The molecule has 1 aromatic heterocycles. The topological polar surface area (TPSA) is 115 Å². The number of nitrogens with one attached hydrogen (secondary N) is 2. The smallest absolute Gasteiger partial charge is 0.229 e. The van der Waals surface area contributed by atoms with Crippen molar-refractivity contribution in [3.63, 3.8) is 0 Å². The molecule has 2 saturated heterocycles. The number of methoxy groups -OCH3 is 1. The van der Waals surface area contributed by atoms with E-state index in [1.165, 1.54) is 0 Å². The van der Waals surface area contributed by atoms with Crippen molar-refractivity contribution in [3.8, 4) is 11.5 Å². The lowest BCUT2D eigenvalue weighted by molar-refractivity contribution is -0.129. The maximum Gasteiger partial charge on any atom is 0.229 e. The summed E-state index contributed by atoms with van der Waals surface area (Å²) in [6, 6.07) is 11.9. The van der Waals surface area contributed by atoms with E-state index in [1.807, 2.05) is 46.2 Å². The van der Waals surface area contributed by atoms with Crippen LogP contribution in [0, 0.1) is 0 Å². The molecule has 45 heavy (non-hydrogen) atoms. The lowest BCUT2D eigenvalue weighted by Gasteiger charge is -2.36. The molecule has 0 radical (unpaired) electrons. The highest BCUT2D eigenvalue weighted by Gasteiger charge is 2.22. The summed E-state index contributed by atoms with van der Waals surface area (Å²) >= 11 is 6.54. The van der Waals surface area contributed by atoms with Crippen LogP contribution >= 0.6 is 11.6 Å². The van der Waals surface area contributed by atoms with Crippen molar-refractivity contribution in [1.82, 2.24) is 19.8 Å². The number of carbonyl (C=O) groups excluding carboxylic acids is 2. The van der Waals surface area contributed by atoms with Crippen LogP contribution in [0.25, 0.3) is 0 Å². The van der Waals surface area contributed by atoms with Gasteiger partial charge in [0.2, 0.25) is 17.8 Å². The lowest BCUT2D eigenvalue weighted by atomic mass is 10.2. The van der Waals surface area contributed by atoms with Gasteiger partial charge < -0.3 is 39.7 Å². The predicted molar refractivity (Wildman–Crippen MR) is 178 cm³/mol. The van der Waals surface area contributed by atoms with Gasteiger partial charge in [-0.3, -0.25) is 9.59 Å². The third-order valence-electron chi connectivity index (χ3n) is 8.04. The Labute approximate surface area is 269 Å². The quantitative estimate of drug-likeness (QED) is 0.323. The summed E-state index contributed by atoms with van der Waals surface area (Å²) in [5, 5.41) is 6.95. The van der Waals surface area contributed by atoms with Gasteiger partial charge in [0.05, 0.1) is 31.3 Å². The van der Waals surface area contributed by atoms with Crippen molar-refractivity contribution in [1.29, 1.82) is 0 Å². The third kappa shape index (κ3) is 7.80. The zero-order chi connectivity index (χ0) is 31.9. The van der Waals surface area contributed by atoms with Crippen molar-refractivity contribution in [2.24, 2.45) is 0 Å². The molecule has 2 aromatic carbocycles. The van der Waals surface area contributed by atoms with Gasteiger partial charge in [0.15, 0.2) is 5.82 Å². The van der Waals surface area contributed by atoms with Gasteiger partial charge in [-0.05, 0) is 30.7 Å². The van der Waals surface area contributed by atoms with Gasteiger partial charge in [0.1, 0.15) is 16.5 Å². The van der Waals surface area contributed by atoms with Crippen molar-refractivity contribution < 1.29 is 19.1 Å². The molecule has 2 amide bonds. The van der Waals surface area contributed by atoms with Crippen molar-refractivity contribution in [2.45, 2.75) is 27.2 Å². The number of hydrogen-bond donors (Lipinski definition) is 2. The van der Waals surface area contributed by atoms with Crippen molar-refractivity contribution in [3.05, 3.63) is 47.6 Å². The second-order valence-electron chi connectivity index (χ2n) is 11.0. The first-order chi connectivity index (χ1) is 21.7.